The highest BCUT2D eigenvalue weighted by Gasteiger charge is 2.32. The molecule has 0 spiro atoms. The van der Waals surface area contributed by atoms with E-state index in [2.05, 4.69) is 4.98 Å². The number of carbonyl (C=O) groups is 2. The predicted octanol–water partition coefficient (Wildman–Crippen LogP) is 1.52. The second-order valence-corrected chi connectivity index (χ2v) is 5.80. The number of carbonyl (C=O) groups excluding carboxylic acids is 2. The number of nitrogen functional groups attached to an aromatic ring is 1. The fourth-order valence-electron chi connectivity index (χ4n) is 2.38. The minimum Gasteiger partial charge on any atom is -0.449 e. The number of amides is 2. The Morgan fingerprint density at radius 2 is 2.00 bits per heavy atom. The number of aromatic nitrogens is 1. The van der Waals surface area contributed by atoms with Crippen LogP contribution in [0.25, 0.3) is 6.08 Å². The van der Waals surface area contributed by atoms with Crippen LogP contribution in [0.1, 0.15) is 5.56 Å². The second-order valence-electron chi connectivity index (χ2n) is 5.80. The molecule has 2 amide bonds. The third-order valence-electron chi connectivity index (χ3n) is 3.75. The van der Waals surface area contributed by atoms with Crippen molar-refractivity contribution >= 4 is 29.3 Å². The zero-order chi connectivity index (χ0) is 18.0. The number of fused-ring (bicyclic) bond motifs is 1. The van der Waals surface area contributed by atoms with Crippen molar-refractivity contribution in [3.63, 3.8) is 0 Å². The van der Waals surface area contributed by atoms with E-state index in [1.54, 1.807) is 62.9 Å². The maximum Gasteiger partial charge on any atom is 0.294 e. The first-order valence-electron chi connectivity index (χ1n) is 7.67. The van der Waals surface area contributed by atoms with Crippen LogP contribution >= 0.6 is 0 Å². The summed E-state index contributed by atoms with van der Waals surface area (Å²) >= 11 is 0. The van der Waals surface area contributed by atoms with Crippen LogP contribution in [0.4, 0.5) is 11.4 Å². The van der Waals surface area contributed by atoms with E-state index in [9.17, 15) is 9.59 Å². The normalized spacial score (nSPS) is 14.9. The van der Waals surface area contributed by atoms with E-state index < -0.39 is 0 Å². The highest BCUT2D eigenvalue weighted by molar-refractivity contribution is 6.12. The van der Waals surface area contributed by atoms with Crippen LogP contribution < -0.4 is 15.4 Å². The van der Waals surface area contributed by atoms with Crippen LogP contribution in [0.15, 0.2) is 48.5 Å². The molecule has 0 bridgehead atoms. The lowest BCUT2D eigenvalue weighted by molar-refractivity contribution is -0.129. The summed E-state index contributed by atoms with van der Waals surface area (Å²) < 4.78 is 5.75. The lowest BCUT2D eigenvalue weighted by Crippen LogP contribution is -2.43. The molecule has 3 rings (SSSR count). The zero-order valence-electron chi connectivity index (χ0n) is 14.0. The van der Waals surface area contributed by atoms with Gasteiger partial charge in [-0.05, 0) is 35.9 Å². The number of hydrogen-bond donors (Lipinski definition) is 1. The Hall–Kier alpha value is -3.35. The van der Waals surface area contributed by atoms with Crippen molar-refractivity contribution in [2.75, 3.05) is 31.3 Å². The molecule has 1 aromatic carbocycles. The van der Waals surface area contributed by atoms with Gasteiger partial charge in [0.15, 0.2) is 11.5 Å². The van der Waals surface area contributed by atoms with Gasteiger partial charge in [0.2, 0.25) is 5.91 Å². The molecule has 1 aliphatic heterocycles. The van der Waals surface area contributed by atoms with Crippen molar-refractivity contribution < 1.29 is 14.3 Å². The number of nitrogens with zero attached hydrogens (tertiary/aromatic N) is 3. The van der Waals surface area contributed by atoms with E-state index in [4.69, 9.17) is 10.5 Å². The van der Waals surface area contributed by atoms with Gasteiger partial charge in [-0.3, -0.25) is 19.5 Å². The molecule has 0 saturated heterocycles. The first-order valence-corrected chi connectivity index (χ1v) is 7.67. The van der Waals surface area contributed by atoms with Crippen LogP contribution in [-0.2, 0) is 9.59 Å². The molecule has 7 heteroatoms. The molecular weight excluding hydrogens is 320 g/mol. The van der Waals surface area contributed by atoms with Gasteiger partial charge in [-0.2, -0.15) is 0 Å². The molecule has 25 heavy (non-hydrogen) atoms. The van der Waals surface area contributed by atoms with Gasteiger partial charge in [0, 0.05) is 38.2 Å². The highest BCUT2D eigenvalue weighted by Crippen LogP contribution is 2.37. The van der Waals surface area contributed by atoms with Crippen LogP contribution in [0, 0.1) is 0 Å². The molecule has 2 heterocycles. The number of rotatable bonds is 3. The van der Waals surface area contributed by atoms with Gasteiger partial charge in [-0.15, -0.1) is 0 Å². The van der Waals surface area contributed by atoms with Gasteiger partial charge < -0.3 is 15.4 Å². The Balaban J connectivity index is 2.03. The fraction of sp³-hybridized carbons (Fsp3) is 0.167. The van der Waals surface area contributed by atoms with Crippen LogP contribution in [0.2, 0.25) is 0 Å². The first-order chi connectivity index (χ1) is 12.0. The van der Waals surface area contributed by atoms with E-state index in [0.717, 1.165) is 5.56 Å². The van der Waals surface area contributed by atoms with Crippen molar-refractivity contribution in [3.8, 4) is 5.75 Å². The molecule has 0 aliphatic carbocycles. The topological polar surface area (TPSA) is 88.8 Å². The van der Waals surface area contributed by atoms with Crippen molar-refractivity contribution in [3.05, 3.63) is 54.0 Å². The van der Waals surface area contributed by atoms with E-state index in [1.165, 1.54) is 9.80 Å². The quantitative estimate of drug-likeness (QED) is 0.677. The highest BCUT2D eigenvalue weighted by atomic mass is 16.5. The Morgan fingerprint density at radius 3 is 2.68 bits per heavy atom. The molecule has 0 radical (unpaired) electrons. The molecule has 1 aromatic heterocycles. The second kappa shape index (κ2) is 6.64. The smallest absolute Gasteiger partial charge is 0.294 e. The van der Waals surface area contributed by atoms with Gasteiger partial charge >= 0.3 is 0 Å². The van der Waals surface area contributed by atoms with Gasteiger partial charge in [-0.1, -0.05) is 0 Å². The zero-order valence-corrected chi connectivity index (χ0v) is 14.0. The van der Waals surface area contributed by atoms with E-state index in [0.29, 0.717) is 17.1 Å². The summed E-state index contributed by atoms with van der Waals surface area (Å²) in [6.45, 7) is -0.0835. The lowest BCUT2D eigenvalue weighted by atomic mass is 10.1. The van der Waals surface area contributed by atoms with E-state index >= 15 is 0 Å². The molecule has 128 valence electrons. The number of anilines is 2. The first kappa shape index (κ1) is 16.5. The monoisotopic (exact) mass is 338 g/mol. The third-order valence-corrected chi connectivity index (χ3v) is 3.75. The molecule has 0 fully saturated rings. The Kier molecular flexibility index (Phi) is 4.38. The van der Waals surface area contributed by atoms with Gasteiger partial charge in [-0.25, -0.2) is 0 Å². The van der Waals surface area contributed by atoms with Crippen LogP contribution in [0.5, 0.6) is 5.75 Å². The maximum atomic E-state index is 12.9. The fourth-order valence-corrected chi connectivity index (χ4v) is 2.38. The largest absolute Gasteiger partial charge is 0.449 e. The van der Waals surface area contributed by atoms with E-state index in [1.807, 2.05) is 0 Å². The molecule has 0 unspecified atom stereocenters. The molecule has 2 N–H and O–H groups in total. The number of pyridine rings is 1. The van der Waals surface area contributed by atoms with E-state index in [-0.39, 0.29) is 24.1 Å². The number of ether oxygens (including phenoxy) is 1. The summed E-state index contributed by atoms with van der Waals surface area (Å²) in [5.41, 5.74) is 7.62. The summed E-state index contributed by atoms with van der Waals surface area (Å²) in [6.07, 6.45) is 4.86. The third kappa shape index (κ3) is 3.45. The van der Waals surface area contributed by atoms with Crippen molar-refractivity contribution in [2.24, 2.45) is 0 Å². The molecule has 1 aliphatic rings. The summed E-state index contributed by atoms with van der Waals surface area (Å²) in [5, 5.41) is 0. The minimum absolute atomic E-state index is 0.0835. The lowest BCUT2D eigenvalue weighted by Gasteiger charge is -2.31. The summed E-state index contributed by atoms with van der Waals surface area (Å²) in [5.74, 6) is -0.0205. The molecule has 0 atom stereocenters. The maximum absolute atomic E-state index is 12.9. The van der Waals surface area contributed by atoms with Crippen LogP contribution in [-0.4, -0.2) is 42.3 Å². The van der Waals surface area contributed by atoms with Crippen LogP contribution in [0.3, 0.4) is 0 Å². The van der Waals surface area contributed by atoms with Gasteiger partial charge in [0.05, 0.1) is 5.69 Å². The Morgan fingerprint density at radius 1 is 1.28 bits per heavy atom. The summed E-state index contributed by atoms with van der Waals surface area (Å²) in [4.78, 5) is 31.8. The Bertz CT molecular complexity index is 847. The number of hydrogen-bond acceptors (Lipinski definition) is 5. The summed E-state index contributed by atoms with van der Waals surface area (Å²) in [7, 11) is 3.29. The van der Waals surface area contributed by atoms with Crippen molar-refractivity contribution in [1.29, 1.82) is 0 Å². The van der Waals surface area contributed by atoms with Gasteiger partial charge in [0.25, 0.3) is 5.91 Å². The number of benzene rings is 1. The summed E-state index contributed by atoms with van der Waals surface area (Å²) in [6, 6.07) is 8.49. The predicted molar refractivity (Wildman–Crippen MR) is 94.7 cm³/mol. The number of likely N-dealkylation sites (N-methyl/N-ethyl adjacent to an activating group) is 1. The van der Waals surface area contributed by atoms with Crippen molar-refractivity contribution in [2.45, 2.75) is 0 Å². The molecule has 2 aromatic rings. The average molecular weight is 338 g/mol. The van der Waals surface area contributed by atoms with Crippen molar-refractivity contribution in [1.82, 2.24) is 9.88 Å². The number of nitrogens with two attached hydrogens (primary N) is 1. The SMILES string of the molecule is CN(C)C(=O)CN1C(=O)/C(=C\c2ccncc2)Oc2cc(N)ccc21. The average Bonchev–Trinajstić information content (AvgIpc) is 2.59. The standard InChI is InChI=1S/C18H18N4O3/c1-21(2)17(23)11-22-14-4-3-13(19)10-15(14)25-16(18(22)24)9-12-5-7-20-8-6-12/h3-10H,11,19H2,1-2H3/b16-9+. The molecule has 7 nitrogen and oxygen atoms in total. The minimum atomic E-state index is -0.385. The Labute approximate surface area is 145 Å². The molecule has 0 saturated carbocycles. The molecular formula is C18H18N4O3. The van der Waals surface area contributed by atoms with Gasteiger partial charge in [0.1, 0.15) is 6.54 Å².